The molecule has 22 heavy (non-hydrogen) atoms. The zero-order valence-corrected chi connectivity index (χ0v) is 12.2. The van der Waals surface area contributed by atoms with E-state index >= 15 is 0 Å². The third kappa shape index (κ3) is 2.58. The van der Waals surface area contributed by atoms with Gasteiger partial charge in [0.05, 0.1) is 23.2 Å². The van der Waals surface area contributed by atoms with Crippen LogP contribution < -0.4 is 0 Å². The van der Waals surface area contributed by atoms with Gasteiger partial charge < -0.3 is 14.4 Å². The van der Waals surface area contributed by atoms with Gasteiger partial charge in [0.15, 0.2) is 0 Å². The van der Waals surface area contributed by atoms with Crippen molar-refractivity contribution in [3.8, 4) is 11.4 Å². The molecule has 0 aliphatic carbocycles. The highest BCUT2D eigenvalue weighted by atomic mass is 16.5. The van der Waals surface area contributed by atoms with Crippen molar-refractivity contribution in [2.45, 2.75) is 6.54 Å². The van der Waals surface area contributed by atoms with E-state index in [0.717, 1.165) is 16.9 Å². The predicted octanol–water partition coefficient (Wildman–Crippen LogP) is 3.05. The van der Waals surface area contributed by atoms with Gasteiger partial charge >= 0.3 is 5.97 Å². The predicted molar refractivity (Wildman–Crippen MR) is 84.0 cm³/mol. The van der Waals surface area contributed by atoms with Gasteiger partial charge in [0.25, 0.3) is 0 Å². The maximum absolute atomic E-state index is 11.1. The van der Waals surface area contributed by atoms with E-state index < -0.39 is 5.97 Å². The van der Waals surface area contributed by atoms with Gasteiger partial charge in [-0.2, -0.15) is 0 Å². The highest BCUT2D eigenvalue weighted by Crippen LogP contribution is 2.25. The maximum atomic E-state index is 11.1. The van der Waals surface area contributed by atoms with Gasteiger partial charge in [0.2, 0.25) is 0 Å². The number of fused-ring (bicyclic) bond motifs is 1. The second kappa shape index (κ2) is 5.99. The van der Waals surface area contributed by atoms with E-state index in [4.69, 9.17) is 9.84 Å². The molecular weight excluding hydrogens is 280 g/mol. The van der Waals surface area contributed by atoms with Crippen molar-refractivity contribution >= 4 is 17.0 Å². The fraction of sp³-hybridized carbons (Fsp3) is 0.176. The Morgan fingerprint density at radius 3 is 2.68 bits per heavy atom. The summed E-state index contributed by atoms with van der Waals surface area (Å²) in [7, 11) is 1.66. The Hall–Kier alpha value is -2.66. The van der Waals surface area contributed by atoms with Crippen LogP contribution in [-0.2, 0) is 11.3 Å². The Labute approximate surface area is 127 Å². The SMILES string of the molecule is COCCn1c(-c2ccccc2)nc2cc(C(=O)O)ccc21. The molecule has 5 heteroatoms. The Bertz CT molecular complexity index is 809. The molecule has 1 N–H and O–H groups in total. The Kier molecular flexibility index (Phi) is 3.89. The first-order valence-corrected chi connectivity index (χ1v) is 6.98. The smallest absolute Gasteiger partial charge is 0.335 e. The summed E-state index contributed by atoms with van der Waals surface area (Å²) in [6.45, 7) is 1.22. The fourth-order valence-electron chi connectivity index (χ4n) is 2.48. The van der Waals surface area contributed by atoms with Crippen LogP contribution in [0.5, 0.6) is 0 Å². The van der Waals surface area contributed by atoms with Crippen LogP contribution in [0.2, 0.25) is 0 Å². The van der Waals surface area contributed by atoms with E-state index in [1.54, 1.807) is 25.3 Å². The summed E-state index contributed by atoms with van der Waals surface area (Å²) < 4.78 is 7.23. The lowest BCUT2D eigenvalue weighted by Crippen LogP contribution is -2.06. The number of benzene rings is 2. The number of carbonyl (C=O) groups is 1. The molecule has 2 aromatic carbocycles. The largest absolute Gasteiger partial charge is 0.478 e. The van der Waals surface area contributed by atoms with Crippen molar-refractivity contribution < 1.29 is 14.6 Å². The molecule has 0 spiro atoms. The number of nitrogens with zero attached hydrogens (tertiary/aromatic N) is 2. The number of methoxy groups -OCH3 is 1. The van der Waals surface area contributed by atoms with Crippen molar-refractivity contribution in [1.29, 1.82) is 0 Å². The molecule has 3 rings (SSSR count). The van der Waals surface area contributed by atoms with Crippen LogP contribution in [0.3, 0.4) is 0 Å². The Morgan fingerprint density at radius 1 is 1.23 bits per heavy atom. The lowest BCUT2D eigenvalue weighted by atomic mass is 10.2. The third-order valence-electron chi connectivity index (χ3n) is 3.55. The summed E-state index contributed by atoms with van der Waals surface area (Å²) in [6, 6.07) is 14.8. The third-order valence-corrected chi connectivity index (χ3v) is 3.55. The van der Waals surface area contributed by atoms with Gasteiger partial charge in [-0.25, -0.2) is 9.78 Å². The van der Waals surface area contributed by atoms with Gasteiger partial charge in [-0.1, -0.05) is 30.3 Å². The van der Waals surface area contributed by atoms with Crippen molar-refractivity contribution in [2.24, 2.45) is 0 Å². The zero-order chi connectivity index (χ0) is 15.5. The molecule has 0 aliphatic heterocycles. The van der Waals surface area contributed by atoms with E-state index in [2.05, 4.69) is 9.55 Å². The average Bonchev–Trinajstić information content (AvgIpc) is 2.91. The number of imidazole rings is 1. The number of carboxylic acid groups (broad SMARTS) is 1. The van der Waals surface area contributed by atoms with Gasteiger partial charge in [-0.3, -0.25) is 0 Å². The quantitative estimate of drug-likeness (QED) is 0.786. The molecule has 0 amide bonds. The molecular formula is C17H16N2O3. The number of aromatic carboxylic acids is 1. The number of carboxylic acids is 1. The molecule has 0 saturated carbocycles. The molecule has 0 saturated heterocycles. The van der Waals surface area contributed by atoms with Crippen molar-refractivity contribution in [3.63, 3.8) is 0 Å². The summed E-state index contributed by atoms with van der Waals surface area (Å²) in [6.07, 6.45) is 0. The van der Waals surface area contributed by atoms with Crippen LogP contribution in [0.15, 0.2) is 48.5 Å². The molecule has 112 valence electrons. The van der Waals surface area contributed by atoms with Crippen LogP contribution in [0.4, 0.5) is 0 Å². The van der Waals surface area contributed by atoms with Gasteiger partial charge in [0.1, 0.15) is 5.82 Å². The minimum absolute atomic E-state index is 0.239. The first kappa shape index (κ1) is 14.3. The molecule has 5 nitrogen and oxygen atoms in total. The molecule has 0 aliphatic rings. The van der Waals surface area contributed by atoms with Crippen LogP contribution in [-0.4, -0.2) is 34.3 Å². The summed E-state index contributed by atoms with van der Waals surface area (Å²) in [4.78, 5) is 15.7. The van der Waals surface area contributed by atoms with E-state index in [-0.39, 0.29) is 5.56 Å². The van der Waals surface area contributed by atoms with E-state index in [1.807, 2.05) is 30.3 Å². The Morgan fingerprint density at radius 2 is 2.00 bits per heavy atom. The highest BCUT2D eigenvalue weighted by molar-refractivity contribution is 5.93. The molecule has 0 unspecified atom stereocenters. The minimum Gasteiger partial charge on any atom is -0.478 e. The number of ether oxygens (including phenoxy) is 1. The number of hydrogen-bond acceptors (Lipinski definition) is 3. The minimum atomic E-state index is -0.949. The van der Waals surface area contributed by atoms with E-state index in [9.17, 15) is 4.79 Å². The maximum Gasteiger partial charge on any atom is 0.335 e. The number of aromatic nitrogens is 2. The second-order valence-electron chi connectivity index (χ2n) is 4.95. The van der Waals surface area contributed by atoms with Crippen LogP contribution in [0.1, 0.15) is 10.4 Å². The van der Waals surface area contributed by atoms with Crippen molar-refractivity contribution in [3.05, 3.63) is 54.1 Å². The normalized spacial score (nSPS) is 11.0. The van der Waals surface area contributed by atoms with E-state index in [0.29, 0.717) is 18.7 Å². The number of hydrogen-bond donors (Lipinski definition) is 1. The summed E-state index contributed by atoms with van der Waals surface area (Å²) in [5, 5.41) is 9.12. The molecule has 1 aromatic heterocycles. The summed E-state index contributed by atoms with van der Waals surface area (Å²) in [5.41, 5.74) is 2.81. The Balaban J connectivity index is 2.18. The topological polar surface area (TPSA) is 64.4 Å². The molecule has 3 aromatic rings. The molecule has 0 radical (unpaired) electrons. The zero-order valence-electron chi connectivity index (χ0n) is 12.2. The molecule has 0 bridgehead atoms. The molecule has 0 atom stereocenters. The van der Waals surface area contributed by atoms with Crippen molar-refractivity contribution in [1.82, 2.24) is 9.55 Å². The average molecular weight is 296 g/mol. The lowest BCUT2D eigenvalue weighted by molar-refractivity contribution is 0.0697. The summed E-state index contributed by atoms with van der Waals surface area (Å²) in [5.74, 6) is -0.134. The first-order valence-electron chi connectivity index (χ1n) is 6.98. The van der Waals surface area contributed by atoms with Crippen molar-refractivity contribution in [2.75, 3.05) is 13.7 Å². The second-order valence-corrected chi connectivity index (χ2v) is 4.95. The van der Waals surface area contributed by atoms with Gasteiger partial charge in [-0.05, 0) is 18.2 Å². The lowest BCUT2D eigenvalue weighted by Gasteiger charge is -2.08. The van der Waals surface area contributed by atoms with E-state index in [1.165, 1.54) is 0 Å². The fourth-order valence-corrected chi connectivity index (χ4v) is 2.48. The summed E-state index contributed by atoms with van der Waals surface area (Å²) >= 11 is 0. The van der Waals surface area contributed by atoms with Gasteiger partial charge in [0, 0.05) is 19.2 Å². The van der Waals surface area contributed by atoms with Crippen LogP contribution in [0, 0.1) is 0 Å². The monoisotopic (exact) mass is 296 g/mol. The van der Waals surface area contributed by atoms with Crippen LogP contribution in [0.25, 0.3) is 22.4 Å². The van der Waals surface area contributed by atoms with Crippen LogP contribution >= 0.6 is 0 Å². The molecule has 0 fully saturated rings. The number of rotatable bonds is 5. The highest BCUT2D eigenvalue weighted by Gasteiger charge is 2.14. The first-order chi connectivity index (χ1) is 10.7. The molecule has 1 heterocycles. The van der Waals surface area contributed by atoms with Gasteiger partial charge in [-0.15, -0.1) is 0 Å². The standard InChI is InChI=1S/C17H16N2O3/c1-22-10-9-19-15-8-7-13(17(20)21)11-14(15)18-16(19)12-5-3-2-4-6-12/h2-8,11H,9-10H2,1H3,(H,20,21).